The summed E-state index contributed by atoms with van der Waals surface area (Å²) in [6.07, 6.45) is 1.71. The number of hydrogen-bond acceptors (Lipinski definition) is 4. The Hall–Kier alpha value is -0.850. The summed E-state index contributed by atoms with van der Waals surface area (Å²) in [4.78, 5) is 15.8. The van der Waals surface area contributed by atoms with Crippen molar-refractivity contribution in [2.24, 2.45) is 0 Å². The SMILES string of the molecule is CCOC(=O)c1cc(CI)cnc1OCC. The number of carbonyl (C=O) groups excluding carboxylic acids is 1. The van der Waals surface area contributed by atoms with Crippen LogP contribution >= 0.6 is 22.6 Å². The summed E-state index contributed by atoms with van der Waals surface area (Å²) < 4.78 is 11.0. The predicted molar refractivity (Wildman–Crippen MR) is 69.1 cm³/mol. The molecule has 0 fully saturated rings. The summed E-state index contributed by atoms with van der Waals surface area (Å²) in [6, 6.07) is 1.77. The van der Waals surface area contributed by atoms with Gasteiger partial charge in [0, 0.05) is 10.6 Å². The van der Waals surface area contributed by atoms with Crippen LogP contribution in [0.1, 0.15) is 29.8 Å². The molecule has 4 nitrogen and oxygen atoms in total. The Bertz CT molecular complexity index is 368. The highest BCUT2D eigenvalue weighted by molar-refractivity contribution is 14.1. The minimum atomic E-state index is -0.384. The molecule has 1 heterocycles. The topological polar surface area (TPSA) is 48.4 Å². The molecular formula is C11H14INO3. The highest BCUT2D eigenvalue weighted by atomic mass is 127. The molecule has 0 saturated heterocycles. The molecule has 0 N–H and O–H groups in total. The van der Waals surface area contributed by atoms with E-state index >= 15 is 0 Å². The Morgan fingerprint density at radius 3 is 2.75 bits per heavy atom. The number of esters is 1. The van der Waals surface area contributed by atoms with Crippen LogP contribution in [0.4, 0.5) is 0 Å². The first-order valence-electron chi connectivity index (χ1n) is 5.07. The molecule has 1 aromatic rings. The van der Waals surface area contributed by atoms with Gasteiger partial charge in [-0.1, -0.05) is 22.6 Å². The Balaban J connectivity index is 3.04. The van der Waals surface area contributed by atoms with Gasteiger partial charge in [0.15, 0.2) is 0 Å². The maximum absolute atomic E-state index is 11.7. The van der Waals surface area contributed by atoms with Crippen molar-refractivity contribution < 1.29 is 14.3 Å². The number of ether oxygens (including phenoxy) is 2. The van der Waals surface area contributed by atoms with Crippen molar-refractivity contribution in [2.45, 2.75) is 18.3 Å². The fourth-order valence-corrected chi connectivity index (χ4v) is 1.59. The standard InChI is InChI=1S/C11H14INO3/c1-3-15-10-9(11(14)16-4-2)5-8(6-12)7-13-10/h5,7H,3-4,6H2,1-2H3. The molecule has 0 aliphatic carbocycles. The van der Waals surface area contributed by atoms with E-state index in [0.29, 0.717) is 24.7 Å². The number of pyridine rings is 1. The lowest BCUT2D eigenvalue weighted by molar-refractivity contribution is 0.0521. The van der Waals surface area contributed by atoms with Crippen LogP contribution in [0.2, 0.25) is 0 Å². The molecule has 0 bridgehead atoms. The Labute approximate surface area is 108 Å². The van der Waals surface area contributed by atoms with Crippen molar-refractivity contribution in [3.05, 3.63) is 23.4 Å². The first-order valence-corrected chi connectivity index (χ1v) is 6.60. The fraction of sp³-hybridized carbons (Fsp3) is 0.455. The molecule has 16 heavy (non-hydrogen) atoms. The molecule has 0 aliphatic rings. The third kappa shape index (κ3) is 3.33. The van der Waals surface area contributed by atoms with Crippen LogP contribution in [-0.2, 0) is 9.16 Å². The summed E-state index contributed by atoms with van der Waals surface area (Å²) in [5.41, 5.74) is 1.38. The lowest BCUT2D eigenvalue weighted by Gasteiger charge is -2.09. The van der Waals surface area contributed by atoms with Crippen molar-refractivity contribution in [3.63, 3.8) is 0 Å². The van der Waals surface area contributed by atoms with Crippen LogP contribution in [0, 0.1) is 0 Å². The largest absolute Gasteiger partial charge is 0.477 e. The second-order valence-corrected chi connectivity index (χ2v) is 3.75. The first-order chi connectivity index (χ1) is 7.72. The van der Waals surface area contributed by atoms with E-state index in [1.54, 1.807) is 19.2 Å². The third-order valence-electron chi connectivity index (χ3n) is 1.84. The zero-order valence-corrected chi connectivity index (χ0v) is 11.5. The lowest BCUT2D eigenvalue weighted by atomic mass is 10.2. The van der Waals surface area contributed by atoms with Crippen LogP contribution < -0.4 is 4.74 Å². The zero-order chi connectivity index (χ0) is 12.0. The molecular weight excluding hydrogens is 321 g/mol. The van der Waals surface area contributed by atoms with E-state index in [1.807, 2.05) is 6.92 Å². The molecule has 88 valence electrons. The van der Waals surface area contributed by atoms with E-state index < -0.39 is 0 Å². The van der Waals surface area contributed by atoms with E-state index in [9.17, 15) is 4.79 Å². The zero-order valence-electron chi connectivity index (χ0n) is 9.33. The van der Waals surface area contributed by atoms with E-state index in [0.717, 1.165) is 9.99 Å². The number of halogens is 1. The summed E-state index contributed by atoms with van der Waals surface area (Å²) in [7, 11) is 0. The average molecular weight is 335 g/mol. The highest BCUT2D eigenvalue weighted by Gasteiger charge is 2.15. The first kappa shape index (κ1) is 13.2. The third-order valence-corrected chi connectivity index (χ3v) is 2.72. The van der Waals surface area contributed by atoms with E-state index in [2.05, 4.69) is 27.6 Å². The van der Waals surface area contributed by atoms with Crippen LogP contribution in [0.3, 0.4) is 0 Å². The van der Waals surface area contributed by atoms with Gasteiger partial charge in [0.25, 0.3) is 0 Å². The van der Waals surface area contributed by atoms with Gasteiger partial charge in [-0.2, -0.15) is 0 Å². The van der Waals surface area contributed by atoms with Crippen LogP contribution in [0.15, 0.2) is 12.3 Å². The van der Waals surface area contributed by atoms with Gasteiger partial charge in [-0.05, 0) is 25.5 Å². The van der Waals surface area contributed by atoms with Crippen molar-refractivity contribution in [3.8, 4) is 5.88 Å². The number of hydrogen-bond donors (Lipinski definition) is 0. The molecule has 0 radical (unpaired) electrons. The van der Waals surface area contributed by atoms with Gasteiger partial charge in [0.1, 0.15) is 5.56 Å². The molecule has 5 heteroatoms. The van der Waals surface area contributed by atoms with Crippen LogP contribution in [-0.4, -0.2) is 24.2 Å². The van der Waals surface area contributed by atoms with E-state index in [1.165, 1.54) is 0 Å². The predicted octanol–water partition coefficient (Wildman–Crippen LogP) is 2.59. The molecule has 0 spiro atoms. The van der Waals surface area contributed by atoms with Gasteiger partial charge >= 0.3 is 5.97 Å². The minimum absolute atomic E-state index is 0.342. The quantitative estimate of drug-likeness (QED) is 0.471. The second kappa shape index (κ2) is 6.67. The Kier molecular flexibility index (Phi) is 5.51. The number of rotatable bonds is 5. The maximum Gasteiger partial charge on any atom is 0.343 e. The summed E-state index contributed by atoms with van der Waals surface area (Å²) in [5, 5.41) is 0. The van der Waals surface area contributed by atoms with Gasteiger partial charge in [-0.25, -0.2) is 9.78 Å². The molecule has 0 amide bonds. The summed E-state index contributed by atoms with van der Waals surface area (Å²) in [6.45, 7) is 4.44. The molecule has 0 unspecified atom stereocenters. The monoisotopic (exact) mass is 335 g/mol. The summed E-state index contributed by atoms with van der Waals surface area (Å²) in [5.74, 6) is -0.0419. The summed E-state index contributed by atoms with van der Waals surface area (Å²) >= 11 is 2.21. The Morgan fingerprint density at radius 2 is 2.19 bits per heavy atom. The number of aromatic nitrogens is 1. The van der Waals surface area contributed by atoms with E-state index in [4.69, 9.17) is 9.47 Å². The molecule has 0 atom stereocenters. The molecule has 0 aliphatic heterocycles. The molecule has 0 aromatic carbocycles. The molecule has 1 aromatic heterocycles. The Morgan fingerprint density at radius 1 is 1.44 bits per heavy atom. The van der Waals surface area contributed by atoms with Gasteiger partial charge in [0.2, 0.25) is 5.88 Å². The number of alkyl halides is 1. The highest BCUT2D eigenvalue weighted by Crippen LogP contribution is 2.19. The molecule has 1 rings (SSSR count). The van der Waals surface area contributed by atoms with Crippen molar-refractivity contribution in [1.29, 1.82) is 0 Å². The minimum Gasteiger partial charge on any atom is -0.477 e. The number of carbonyl (C=O) groups is 1. The van der Waals surface area contributed by atoms with Crippen molar-refractivity contribution in [2.75, 3.05) is 13.2 Å². The van der Waals surface area contributed by atoms with Gasteiger partial charge in [0.05, 0.1) is 13.2 Å². The lowest BCUT2D eigenvalue weighted by Crippen LogP contribution is -2.09. The number of nitrogens with zero attached hydrogens (tertiary/aromatic N) is 1. The van der Waals surface area contributed by atoms with Crippen molar-refractivity contribution >= 4 is 28.6 Å². The van der Waals surface area contributed by atoms with Gasteiger partial charge in [-0.15, -0.1) is 0 Å². The van der Waals surface area contributed by atoms with Crippen LogP contribution in [0.5, 0.6) is 5.88 Å². The van der Waals surface area contributed by atoms with Crippen LogP contribution in [0.25, 0.3) is 0 Å². The smallest absolute Gasteiger partial charge is 0.343 e. The maximum atomic E-state index is 11.7. The van der Waals surface area contributed by atoms with Gasteiger partial charge in [-0.3, -0.25) is 0 Å². The fourth-order valence-electron chi connectivity index (χ4n) is 1.18. The van der Waals surface area contributed by atoms with Crippen molar-refractivity contribution in [1.82, 2.24) is 4.98 Å². The average Bonchev–Trinajstić information content (AvgIpc) is 2.30. The molecule has 0 saturated carbocycles. The van der Waals surface area contributed by atoms with E-state index in [-0.39, 0.29) is 5.97 Å². The second-order valence-electron chi connectivity index (χ2n) is 2.98. The van der Waals surface area contributed by atoms with Gasteiger partial charge < -0.3 is 9.47 Å². The normalized spacial score (nSPS) is 9.94.